The van der Waals surface area contributed by atoms with Crippen LogP contribution in [0, 0.1) is 11.8 Å². The molecule has 0 aliphatic carbocycles. The van der Waals surface area contributed by atoms with Crippen molar-refractivity contribution in [1.82, 2.24) is 5.32 Å². The van der Waals surface area contributed by atoms with Crippen LogP contribution in [-0.2, 0) is 9.59 Å². The van der Waals surface area contributed by atoms with Gasteiger partial charge in [-0.25, -0.2) is 0 Å². The SMILES string of the molecule is CC(C)C[C@H](CNC(=O)c1ccc2c(c1)NC(=O)CS2)C(=O)O. The standard InChI is InChI=1S/C16H20N2O4S/c1-9(2)5-11(16(21)22)7-17-15(20)10-3-4-13-12(6-10)18-14(19)8-23-13/h3-4,6,9,11H,5,7-8H2,1-2H3,(H,17,20)(H,18,19)(H,21,22)/t11-/m1/s1. The van der Waals surface area contributed by atoms with Crippen molar-refractivity contribution in [1.29, 1.82) is 0 Å². The van der Waals surface area contributed by atoms with Crippen LogP contribution in [0.25, 0.3) is 0 Å². The van der Waals surface area contributed by atoms with Gasteiger partial charge >= 0.3 is 5.97 Å². The lowest BCUT2D eigenvalue weighted by Crippen LogP contribution is -2.33. The number of nitrogens with one attached hydrogen (secondary N) is 2. The summed E-state index contributed by atoms with van der Waals surface area (Å²) in [5.74, 6) is -1.34. The second-order valence-electron chi connectivity index (χ2n) is 5.92. The maximum Gasteiger partial charge on any atom is 0.308 e. The van der Waals surface area contributed by atoms with E-state index < -0.39 is 11.9 Å². The average Bonchev–Trinajstić information content (AvgIpc) is 2.49. The molecule has 1 aromatic carbocycles. The molecule has 1 aliphatic rings. The number of fused-ring (bicyclic) bond motifs is 1. The van der Waals surface area contributed by atoms with E-state index in [2.05, 4.69) is 10.6 Å². The molecule has 0 bridgehead atoms. The molecular formula is C16H20N2O4S. The van der Waals surface area contributed by atoms with Crippen LogP contribution < -0.4 is 10.6 Å². The highest BCUT2D eigenvalue weighted by Crippen LogP contribution is 2.31. The molecule has 0 fully saturated rings. The summed E-state index contributed by atoms with van der Waals surface area (Å²) >= 11 is 1.42. The highest BCUT2D eigenvalue weighted by atomic mass is 32.2. The van der Waals surface area contributed by atoms with Crippen molar-refractivity contribution in [3.05, 3.63) is 23.8 Å². The van der Waals surface area contributed by atoms with Crippen LogP contribution in [0.5, 0.6) is 0 Å². The number of carboxylic acids is 1. The van der Waals surface area contributed by atoms with Crippen LogP contribution in [-0.4, -0.2) is 35.2 Å². The van der Waals surface area contributed by atoms with Gasteiger partial charge in [-0.1, -0.05) is 13.8 Å². The van der Waals surface area contributed by atoms with E-state index in [4.69, 9.17) is 0 Å². The fourth-order valence-electron chi connectivity index (χ4n) is 2.38. The number of carbonyl (C=O) groups is 3. The number of rotatable bonds is 6. The van der Waals surface area contributed by atoms with E-state index in [-0.39, 0.29) is 24.3 Å². The van der Waals surface area contributed by atoms with Crippen LogP contribution in [0.4, 0.5) is 5.69 Å². The van der Waals surface area contributed by atoms with Gasteiger partial charge in [0.25, 0.3) is 5.91 Å². The molecule has 0 saturated carbocycles. The summed E-state index contributed by atoms with van der Waals surface area (Å²) in [4.78, 5) is 35.7. The van der Waals surface area contributed by atoms with Crippen LogP contribution in [0.3, 0.4) is 0 Å². The maximum absolute atomic E-state index is 12.2. The molecule has 124 valence electrons. The van der Waals surface area contributed by atoms with Gasteiger partial charge in [-0.2, -0.15) is 0 Å². The molecule has 1 aliphatic heterocycles. The molecule has 0 unspecified atom stereocenters. The van der Waals surface area contributed by atoms with Crippen LogP contribution in [0.2, 0.25) is 0 Å². The molecule has 0 aromatic heterocycles. The minimum absolute atomic E-state index is 0.0878. The molecule has 1 heterocycles. The molecule has 1 aromatic rings. The van der Waals surface area contributed by atoms with Crippen LogP contribution >= 0.6 is 11.8 Å². The number of carbonyl (C=O) groups excluding carboxylic acids is 2. The molecule has 23 heavy (non-hydrogen) atoms. The van der Waals surface area contributed by atoms with Gasteiger partial charge in [0.15, 0.2) is 0 Å². The Morgan fingerprint density at radius 2 is 2.13 bits per heavy atom. The summed E-state index contributed by atoms with van der Waals surface area (Å²) in [6, 6.07) is 5.08. The average molecular weight is 336 g/mol. The predicted molar refractivity (Wildman–Crippen MR) is 88.7 cm³/mol. The fourth-order valence-corrected chi connectivity index (χ4v) is 3.17. The monoisotopic (exact) mass is 336 g/mol. The van der Waals surface area contributed by atoms with Crippen LogP contribution in [0.15, 0.2) is 23.1 Å². The lowest BCUT2D eigenvalue weighted by atomic mass is 9.97. The van der Waals surface area contributed by atoms with E-state index in [1.165, 1.54) is 11.8 Å². The molecule has 0 saturated heterocycles. The third-order valence-electron chi connectivity index (χ3n) is 3.49. The highest BCUT2D eigenvalue weighted by molar-refractivity contribution is 8.00. The van der Waals surface area contributed by atoms with Crippen molar-refractivity contribution in [2.45, 2.75) is 25.2 Å². The minimum atomic E-state index is -0.909. The molecular weight excluding hydrogens is 316 g/mol. The number of anilines is 1. The van der Waals surface area contributed by atoms with Gasteiger partial charge in [0.05, 0.1) is 17.4 Å². The van der Waals surface area contributed by atoms with Gasteiger partial charge in [0.1, 0.15) is 0 Å². The summed E-state index contributed by atoms with van der Waals surface area (Å²) in [5.41, 5.74) is 1.02. The van der Waals surface area contributed by atoms with E-state index in [0.29, 0.717) is 23.4 Å². The quantitative estimate of drug-likeness (QED) is 0.740. The first kappa shape index (κ1) is 17.3. The Bertz CT molecular complexity index is 631. The van der Waals surface area contributed by atoms with Crippen molar-refractivity contribution in [3.63, 3.8) is 0 Å². The Kier molecular flexibility index (Phi) is 5.65. The highest BCUT2D eigenvalue weighted by Gasteiger charge is 2.21. The van der Waals surface area contributed by atoms with E-state index in [9.17, 15) is 19.5 Å². The van der Waals surface area contributed by atoms with E-state index in [0.717, 1.165) is 4.90 Å². The first-order valence-electron chi connectivity index (χ1n) is 7.44. The summed E-state index contributed by atoms with van der Waals surface area (Å²) in [6.45, 7) is 3.98. The zero-order chi connectivity index (χ0) is 17.0. The summed E-state index contributed by atoms with van der Waals surface area (Å²) < 4.78 is 0. The van der Waals surface area contributed by atoms with Gasteiger partial charge in [0, 0.05) is 17.0 Å². The molecule has 6 nitrogen and oxygen atoms in total. The molecule has 0 spiro atoms. The largest absolute Gasteiger partial charge is 0.481 e. The lowest BCUT2D eigenvalue weighted by Gasteiger charge is -2.18. The fraction of sp³-hybridized carbons (Fsp3) is 0.438. The number of aliphatic carboxylic acids is 1. The normalized spacial score (nSPS) is 14.8. The van der Waals surface area contributed by atoms with Gasteiger partial charge < -0.3 is 15.7 Å². The lowest BCUT2D eigenvalue weighted by molar-refractivity contribution is -0.142. The zero-order valence-corrected chi connectivity index (χ0v) is 13.9. The smallest absolute Gasteiger partial charge is 0.308 e. The summed E-state index contributed by atoms with van der Waals surface area (Å²) in [7, 11) is 0. The Labute approximate surface area is 139 Å². The third-order valence-corrected chi connectivity index (χ3v) is 4.56. The summed E-state index contributed by atoms with van der Waals surface area (Å²) in [6.07, 6.45) is 0.506. The Morgan fingerprint density at radius 3 is 2.78 bits per heavy atom. The van der Waals surface area contributed by atoms with E-state index in [1.54, 1.807) is 18.2 Å². The van der Waals surface area contributed by atoms with Crippen molar-refractivity contribution >= 4 is 35.2 Å². The van der Waals surface area contributed by atoms with Crippen LogP contribution in [0.1, 0.15) is 30.6 Å². The van der Waals surface area contributed by atoms with Crippen molar-refractivity contribution in [2.75, 3.05) is 17.6 Å². The molecule has 1 atom stereocenters. The van der Waals surface area contributed by atoms with E-state index in [1.807, 2.05) is 13.8 Å². The van der Waals surface area contributed by atoms with E-state index >= 15 is 0 Å². The number of benzene rings is 1. The third kappa shape index (κ3) is 4.72. The number of hydrogen-bond donors (Lipinski definition) is 3. The Hall–Kier alpha value is -2.02. The number of hydrogen-bond acceptors (Lipinski definition) is 4. The molecule has 2 rings (SSSR count). The predicted octanol–water partition coefficient (Wildman–Crippen LogP) is 2.21. The summed E-state index contributed by atoms with van der Waals surface area (Å²) in [5, 5.41) is 14.6. The topological polar surface area (TPSA) is 95.5 Å². The molecule has 0 radical (unpaired) electrons. The maximum atomic E-state index is 12.2. The second-order valence-corrected chi connectivity index (χ2v) is 6.94. The Balaban J connectivity index is 2.02. The molecule has 2 amide bonds. The van der Waals surface area contributed by atoms with Gasteiger partial charge in [-0.3, -0.25) is 14.4 Å². The second kappa shape index (κ2) is 7.50. The van der Waals surface area contributed by atoms with Crippen molar-refractivity contribution in [2.24, 2.45) is 11.8 Å². The van der Waals surface area contributed by atoms with Crippen molar-refractivity contribution < 1.29 is 19.5 Å². The number of amides is 2. The Morgan fingerprint density at radius 1 is 1.39 bits per heavy atom. The first-order valence-corrected chi connectivity index (χ1v) is 8.43. The minimum Gasteiger partial charge on any atom is -0.481 e. The van der Waals surface area contributed by atoms with Gasteiger partial charge in [-0.15, -0.1) is 11.8 Å². The van der Waals surface area contributed by atoms with Crippen molar-refractivity contribution in [3.8, 4) is 0 Å². The van der Waals surface area contributed by atoms with Gasteiger partial charge in [0.2, 0.25) is 5.91 Å². The van der Waals surface area contributed by atoms with Gasteiger partial charge in [-0.05, 0) is 30.5 Å². The number of thioether (sulfide) groups is 1. The zero-order valence-electron chi connectivity index (χ0n) is 13.1. The number of carboxylic acid groups (broad SMARTS) is 1. The molecule has 7 heteroatoms. The first-order chi connectivity index (χ1) is 10.9. The molecule has 3 N–H and O–H groups in total.